The predicted molar refractivity (Wildman–Crippen MR) is 122 cm³/mol. The number of pyridine rings is 1. The van der Waals surface area contributed by atoms with Crippen LogP contribution in [0.15, 0.2) is 27.7 Å². The van der Waals surface area contributed by atoms with E-state index in [4.69, 9.17) is 14.0 Å². The molecule has 2 aromatic heterocycles. The third kappa shape index (κ3) is 6.74. The summed E-state index contributed by atoms with van der Waals surface area (Å²) in [7, 11) is -3.24. The molecule has 0 N–H and O–H groups in total. The minimum Gasteiger partial charge on any atom is -0.474 e. The van der Waals surface area contributed by atoms with Gasteiger partial charge in [0.15, 0.2) is 15.7 Å². The number of hydrogen-bond acceptors (Lipinski definition) is 9. The van der Waals surface area contributed by atoms with E-state index < -0.39 is 9.84 Å². The predicted octanol–water partition coefficient (Wildman–Crippen LogP) is 3.36. The van der Waals surface area contributed by atoms with E-state index in [0.717, 1.165) is 57.4 Å². The Labute approximate surface area is 195 Å². The second-order valence-electron chi connectivity index (χ2n) is 9.43. The summed E-state index contributed by atoms with van der Waals surface area (Å²) in [6.45, 7) is 6.77. The van der Waals surface area contributed by atoms with Crippen LogP contribution in [0.4, 0.5) is 0 Å². The Kier molecular flexibility index (Phi) is 7.65. The van der Waals surface area contributed by atoms with Gasteiger partial charge in [0.2, 0.25) is 11.8 Å². The molecule has 0 unspecified atom stereocenters. The lowest BCUT2D eigenvalue weighted by atomic mass is 9.94. The summed E-state index contributed by atoms with van der Waals surface area (Å²) in [5.74, 6) is 2.21. The van der Waals surface area contributed by atoms with Gasteiger partial charge in [-0.3, -0.25) is 4.90 Å². The average molecular weight is 479 g/mol. The average Bonchev–Trinajstić information content (AvgIpc) is 3.25. The van der Waals surface area contributed by atoms with E-state index in [-0.39, 0.29) is 23.0 Å². The Balaban J connectivity index is 1.15. The van der Waals surface area contributed by atoms with Crippen molar-refractivity contribution in [3.8, 4) is 5.88 Å². The van der Waals surface area contributed by atoms with Gasteiger partial charge in [-0.1, -0.05) is 19.0 Å². The third-order valence-electron chi connectivity index (χ3n) is 6.32. The molecule has 1 saturated carbocycles. The van der Waals surface area contributed by atoms with Crippen molar-refractivity contribution in [3.05, 3.63) is 30.0 Å². The summed E-state index contributed by atoms with van der Waals surface area (Å²) < 4.78 is 40.8. The fraction of sp³-hybridized carbons (Fsp3) is 0.696. The summed E-state index contributed by atoms with van der Waals surface area (Å²) >= 11 is 0. The van der Waals surface area contributed by atoms with Gasteiger partial charge in [-0.15, -0.1) is 0 Å². The number of aromatic nitrogens is 3. The van der Waals surface area contributed by atoms with E-state index in [9.17, 15) is 8.42 Å². The Morgan fingerprint density at radius 2 is 1.73 bits per heavy atom. The largest absolute Gasteiger partial charge is 0.474 e. The minimum absolute atomic E-state index is 0.0911. The van der Waals surface area contributed by atoms with E-state index in [1.54, 1.807) is 12.1 Å². The fourth-order valence-electron chi connectivity index (χ4n) is 4.35. The van der Waals surface area contributed by atoms with Crippen molar-refractivity contribution in [2.24, 2.45) is 0 Å². The quantitative estimate of drug-likeness (QED) is 0.564. The molecule has 182 valence electrons. The van der Waals surface area contributed by atoms with Crippen molar-refractivity contribution >= 4 is 9.84 Å². The van der Waals surface area contributed by atoms with Crippen LogP contribution in [0.3, 0.4) is 0 Å². The van der Waals surface area contributed by atoms with Crippen LogP contribution in [0.5, 0.6) is 5.88 Å². The molecule has 0 aromatic carbocycles. The molecule has 0 radical (unpaired) electrons. The van der Waals surface area contributed by atoms with E-state index in [2.05, 4.69) is 33.9 Å². The molecular formula is C23H34N4O5S. The molecule has 4 rings (SSSR count). The molecule has 0 bridgehead atoms. The van der Waals surface area contributed by atoms with Crippen molar-refractivity contribution < 1.29 is 22.4 Å². The van der Waals surface area contributed by atoms with E-state index in [0.29, 0.717) is 24.4 Å². The summed E-state index contributed by atoms with van der Waals surface area (Å²) in [5.41, 5.74) is 0. The second-order valence-corrected chi connectivity index (χ2v) is 11.4. The van der Waals surface area contributed by atoms with E-state index >= 15 is 0 Å². The van der Waals surface area contributed by atoms with Crippen LogP contribution in [0, 0.1) is 0 Å². The molecular weight excluding hydrogens is 444 g/mol. The maximum absolute atomic E-state index is 11.6. The smallest absolute Gasteiger partial charge is 0.240 e. The number of ether oxygens (including phenoxy) is 2. The Bertz CT molecular complexity index is 992. The van der Waals surface area contributed by atoms with Crippen molar-refractivity contribution in [3.63, 3.8) is 0 Å². The van der Waals surface area contributed by atoms with Crippen molar-refractivity contribution in [1.82, 2.24) is 20.0 Å². The lowest BCUT2D eigenvalue weighted by Crippen LogP contribution is -2.39. The van der Waals surface area contributed by atoms with Crippen LogP contribution < -0.4 is 4.74 Å². The van der Waals surface area contributed by atoms with Crippen LogP contribution in [0.25, 0.3) is 0 Å². The van der Waals surface area contributed by atoms with Gasteiger partial charge < -0.3 is 14.0 Å². The standard InChI is InChI=1S/C23H34N4O5S/c1-16(2)23-25-22(32-26-23)15-27-12-10-19(11-13-27)30-17-4-6-18(7-5-17)31-21-9-8-20(14-24-21)33(3,28)29/h8-9,14,16-19H,4-7,10-13,15H2,1-3H3. The number of hydrogen-bond donors (Lipinski definition) is 0. The van der Waals surface area contributed by atoms with Crippen molar-refractivity contribution in [2.75, 3.05) is 19.3 Å². The molecule has 9 nitrogen and oxygen atoms in total. The molecule has 3 heterocycles. The van der Waals surface area contributed by atoms with Crippen molar-refractivity contribution in [1.29, 1.82) is 0 Å². The normalized spacial score (nSPS) is 23.2. The molecule has 2 fully saturated rings. The van der Waals surface area contributed by atoms with Gasteiger partial charge in [0, 0.05) is 37.5 Å². The zero-order valence-corrected chi connectivity index (χ0v) is 20.5. The van der Waals surface area contributed by atoms with Crippen molar-refractivity contribution in [2.45, 2.75) is 88.0 Å². The Morgan fingerprint density at radius 1 is 1.06 bits per heavy atom. The van der Waals surface area contributed by atoms with E-state index in [1.165, 1.54) is 12.5 Å². The number of likely N-dealkylation sites (tertiary alicyclic amines) is 1. The first kappa shape index (κ1) is 24.1. The highest BCUT2D eigenvalue weighted by molar-refractivity contribution is 7.90. The number of rotatable bonds is 8. The topological polar surface area (TPSA) is 108 Å². The maximum atomic E-state index is 11.6. The molecule has 1 aliphatic heterocycles. The van der Waals surface area contributed by atoms with Gasteiger partial charge >= 0.3 is 0 Å². The lowest BCUT2D eigenvalue weighted by Gasteiger charge is -2.35. The third-order valence-corrected chi connectivity index (χ3v) is 7.42. The van der Waals surface area contributed by atoms with Crippen LogP contribution in [-0.2, 0) is 21.1 Å². The second kappa shape index (κ2) is 10.5. The Hall–Kier alpha value is -2.04. The fourth-order valence-corrected chi connectivity index (χ4v) is 4.91. The summed E-state index contributed by atoms with van der Waals surface area (Å²) in [4.78, 5) is 11.2. The number of sulfone groups is 1. The monoisotopic (exact) mass is 478 g/mol. The number of piperidine rings is 1. The first-order chi connectivity index (χ1) is 15.8. The molecule has 33 heavy (non-hydrogen) atoms. The highest BCUT2D eigenvalue weighted by atomic mass is 32.2. The summed E-state index contributed by atoms with van der Waals surface area (Å²) in [5, 5.41) is 4.04. The Morgan fingerprint density at radius 3 is 2.30 bits per heavy atom. The van der Waals surface area contributed by atoms with Gasteiger partial charge in [-0.25, -0.2) is 13.4 Å². The van der Waals surface area contributed by atoms with Crippen LogP contribution in [0.1, 0.15) is 70.0 Å². The summed E-state index contributed by atoms with van der Waals surface area (Å²) in [6.07, 6.45) is 8.96. The molecule has 0 amide bonds. The van der Waals surface area contributed by atoms with E-state index in [1.807, 2.05) is 0 Å². The summed E-state index contributed by atoms with van der Waals surface area (Å²) in [6, 6.07) is 3.17. The molecule has 1 saturated heterocycles. The maximum Gasteiger partial charge on any atom is 0.240 e. The molecule has 10 heteroatoms. The van der Waals surface area contributed by atoms with Gasteiger partial charge in [-0.05, 0) is 44.6 Å². The zero-order chi connectivity index (χ0) is 23.4. The SMILES string of the molecule is CC(C)c1noc(CN2CCC(OC3CCC(Oc4ccc(S(C)(=O)=O)cn4)CC3)CC2)n1. The van der Waals surface area contributed by atoms with Gasteiger partial charge in [0.25, 0.3) is 0 Å². The zero-order valence-electron chi connectivity index (χ0n) is 19.6. The van der Waals surface area contributed by atoms with Gasteiger partial charge in [0.1, 0.15) is 6.10 Å². The minimum atomic E-state index is -3.24. The highest BCUT2D eigenvalue weighted by Crippen LogP contribution is 2.28. The van der Waals surface area contributed by atoms with Crippen LogP contribution in [-0.4, -0.2) is 66.1 Å². The molecule has 2 aliphatic rings. The highest BCUT2D eigenvalue weighted by Gasteiger charge is 2.28. The van der Waals surface area contributed by atoms with Gasteiger partial charge in [-0.2, -0.15) is 4.98 Å². The number of nitrogens with zero attached hydrogens (tertiary/aromatic N) is 4. The van der Waals surface area contributed by atoms with Gasteiger partial charge in [0.05, 0.1) is 23.6 Å². The first-order valence-corrected chi connectivity index (χ1v) is 13.7. The first-order valence-electron chi connectivity index (χ1n) is 11.8. The molecule has 0 atom stereocenters. The van der Waals surface area contributed by atoms with Crippen LogP contribution >= 0.6 is 0 Å². The molecule has 2 aromatic rings. The molecule has 1 aliphatic carbocycles. The molecule has 0 spiro atoms. The lowest BCUT2D eigenvalue weighted by molar-refractivity contribution is -0.0679. The van der Waals surface area contributed by atoms with Crippen LogP contribution in [0.2, 0.25) is 0 Å².